The van der Waals surface area contributed by atoms with Crippen LogP contribution in [0.5, 0.6) is 0 Å². The molecule has 1 aliphatic heterocycles. The standard InChI is InChI=1S/C14H26N4/c1-11(2)18-10-14(9-15-18)16-12(3)13-5-7-17(4)8-6-13/h9-13,16H,5-8H2,1-4H3. The van der Waals surface area contributed by atoms with E-state index in [2.05, 4.69) is 49.3 Å². The zero-order valence-corrected chi connectivity index (χ0v) is 12.1. The number of likely N-dealkylation sites (tertiary alicyclic amines) is 1. The molecule has 1 fully saturated rings. The number of aromatic nitrogens is 2. The van der Waals surface area contributed by atoms with Crippen LogP contribution in [0.2, 0.25) is 0 Å². The van der Waals surface area contributed by atoms with Gasteiger partial charge >= 0.3 is 0 Å². The minimum atomic E-state index is 0.430. The molecule has 102 valence electrons. The van der Waals surface area contributed by atoms with Gasteiger partial charge in [-0.15, -0.1) is 0 Å². The Morgan fingerprint density at radius 1 is 1.28 bits per heavy atom. The van der Waals surface area contributed by atoms with Crippen LogP contribution in [0.15, 0.2) is 12.4 Å². The van der Waals surface area contributed by atoms with Crippen molar-refractivity contribution in [2.75, 3.05) is 25.5 Å². The largest absolute Gasteiger partial charge is 0.380 e. The van der Waals surface area contributed by atoms with E-state index < -0.39 is 0 Å². The molecule has 1 aliphatic rings. The third kappa shape index (κ3) is 3.25. The van der Waals surface area contributed by atoms with Gasteiger partial charge in [-0.3, -0.25) is 4.68 Å². The summed E-state index contributed by atoms with van der Waals surface area (Å²) in [6.45, 7) is 9.04. The summed E-state index contributed by atoms with van der Waals surface area (Å²) in [5.41, 5.74) is 1.15. The topological polar surface area (TPSA) is 33.1 Å². The fraction of sp³-hybridized carbons (Fsp3) is 0.786. The van der Waals surface area contributed by atoms with Crippen LogP contribution in [0.4, 0.5) is 5.69 Å². The second-order valence-electron chi connectivity index (χ2n) is 5.88. The molecule has 0 bridgehead atoms. The second-order valence-corrected chi connectivity index (χ2v) is 5.88. The van der Waals surface area contributed by atoms with Crippen molar-refractivity contribution in [3.63, 3.8) is 0 Å². The Balaban J connectivity index is 1.88. The van der Waals surface area contributed by atoms with E-state index in [1.807, 2.05) is 10.9 Å². The Labute approximate surface area is 110 Å². The minimum Gasteiger partial charge on any atom is -0.380 e. The summed E-state index contributed by atoms with van der Waals surface area (Å²) in [6, 6.07) is 0.961. The fourth-order valence-corrected chi connectivity index (χ4v) is 2.60. The lowest BCUT2D eigenvalue weighted by Gasteiger charge is -2.33. The van der Waals surface area contributed by atoms with E-state index in [1.54, 1.807) is 0 Å². The molecule has 0 radical (unpaired) electrons. The number of hydrogen-bond acceptors (Lipinski definition) is 3. The van der Waals surface area contributed by atoms with Gasteiger partial charge in [0.1, 0.15) is 0 Å². The van der Waals surface area contributed by atoms with Gasteiger partial charge in [-0.25, -0.2) is 0 Å². The number of anilines is 1. The smallest absolute Gasteiger partial charge is 0.0728 e. The first-order valence-corrected chi connectivity index (χ1v) is 7.05. The average molecular weight is 250 g/mol. The average Bonchev–Trinajstić information content (AvgIpc) is 2.78. The number of nitrogens with zero attached hydrogens (tertiary/aromatic N) is 3. The predicted molar refractivity (Wildman–Crippen MR) is 75.9 cm³/mol. The molecule has 4 nitrogen and oxygen atoms in total. The van der Waals surface area contributed by atoms with Crippen molar-refractivity contribution in [2.24, 2.45) is 5.92 Å². The van der Waals surface area contributed by atoms with Gasteiger partial charge in [0.25, 0.3) is 0 Å². The van der Waals surface area contributed by atoms with E-state index in [1.165, 1.54) is 25.9 Å². The Morgan fingerprint density at radius 2 is 1.94 bits per heavy atom. The molecule has 1 unspecified atom stereocenters. The van der Waals surface area contributed by atoms with Crippen LogP contribution in [0, 0.1) is 5.92 Å². The minimum absolute atomic E-state index is 0.430. The molecule has 4 heteroatoms. The summed E-state index contributed by atoms with van der Waals surface area (Å²) >= 11 is 0. The van der Waals surface area contributed by atoms with Gasteiger partial charge in [-0.05, 0) is 59.7 Å². The van der Waals surface area contributed by atoms with Crippen molar-refractivity contribution in [1.29, 1.82) is 0 Å². The van der Waals surface area contributed by atoms with Crippen LogP contribution in [-0.2, 0) is 0 Å². The molecule has 0 aromatic carbocycles. The van der Waals surface area contributed by atoms with Gasteiger partial charge in [-0.1, -0.05) is 0 Å². The van der Waals surface area contributed by atoms with Gasteiger partial charge in [0.05, 0.1) is 11.9 Å². The van der Waals surface area contributed by atoms with Crippen LogP contribution in [0.3, 0.4) is 0 Å². The summed E-state index contributed by atoms with van der Waals surface area (Å²) in [4.78, 5) is 2.42. The van der Waals surface area contributed by atoms with E-state index in [-0.39, 0.29) is 0 Å². The summed E-state index contributed by atoms with van der Waals surface area (Å²) in [5, 5.41) is 7.97. The monoisotopic (exact) mass is 250 g/mol. The summed E-state index contributed by atoms with van der Waals surface area (Å²) in [5.74, 6) is 0.781. The summed E-state index contributed by atoms with van der Waals surface area (Å²) in [7, 11) is 2.21. The van der Waals surface area contributed by atoms with E-state index in [0.29, 0.717) is 12.1 Å². The zero-order chi connectivity index (χ0) is 13.1. The Morgan fingerprint density at radius 3 is 2.50 bits per heavy atom. The molecule has 1 aromatic heterocycles. The normalized spacial score (nSPS) is 20.3. The van der Waals surface area contributed by atoms with Gasteiger partial charge in [-0.2, -0.15) is 5.10 Å². The molecule has 1 aromatic rings. The van der Waals surface area contributed by atoms with E-state index in [4.69, 9.17) is 0 Å². The van der Waals surface area contributed by atoms with Crippen LogP contribution < -0.4 is 5.32 Å². The quantitative estimate of drug-likeness (QED) is 0.891. The van der Waals surface area contributed by atoms with Gasteiger partial charge < -0.3 is 10.2 Å². The van der Waals surface area contributed by atoms with Crippen molar-refractivity contribution in [2.45, 2.75) is 45.7 Å². The predicted octanol–water partition coefficient (Wildman–Crippen LogP) is 2.61. The maximum Gasteiger partial charge on any atom is 0.0728 e. The number of hydrogen-bond donors (Lipinski definition) is 1. The summed E-state index contributed by atoms with van der Waals surface area (Å²) in [6.07, 6.45) is 6.63. The van der Waals surface area contributed by atoms with Crippen molar-refractivity contribution >= 4 is 5.69 Å². The third-order valence-corrected chi connectivity index (χ3v) is 4.00. The first-order chi connectivity index (χ1) is 8.56. The van der Waals surface area contributed by atoms with Crippen LogP contribution in [0.1, 0.15) is 39.7 Å². The molecule has 0 aliphatic carbocycles. The summed E-state index contributed by atoms with van der Waals surface area (Å²) < 4.78 is 2.00. The lowest BCUT2D eigenvalue weighted by atomic mass is 9.90. The zero-order valence-electron chi connectivity index (χ0n) is 12.1. The van der Waals surface area contributed by atoms with E-state index in [0.717, 1.165) is 11.6 Å². The highest BCUT2D eigenvalue weighted by atomic mass is 15.3. The number of nitrogens with one attached hydrogen (secondary N) is 1. The van der Waals surface area contributed by atoms with Gasteiger partial charge in [0.2, 0.25) is 0 Å². The van der Waals surface area contributed by atoms with Crippen molar-refractivity contribution in [3.05, 3.63) is 12.4 Å². The van der Waals surface area contributed by atoms with Crippen LogP contribution in [-0.4, -0.2) is 40.9 Å². The number of rotatable bonds is 4. The molecule has 0 spiro atoms. The van der Waals surface area contributed by atoms with Gasteiger partial charge in [0.15, 0.2) is 0 Å². The maximum atomic E-state index is 4.37. The van der Waals surface area contributed by atoms with E-state index >= 15 is 0 Å². The molecule has 0 amide bonds. The number of piperidine rings is 1. The highest BCUT2D eigenvalue weighted by Gasteiger charge is 2.22. The molecule has 2 heterocycles. The van der Waals surface area contributed by atoms with E-state index in [9.17, 15) is 0 Å². The molecule has 2 rings (SSSR count). The second kappa shape index (κ2) is 5.74. The van der Waals surface area contributed by atoms with Gasteiger partial charge in [0, 0.05) is 18.3 Å². The molecular weight excluding hydrogens is 224 g/mol. The SMILES string of the molecule is CC(Nc1cnn(C(C)C)c1)C1CCN(C)CC1. The molecule has 1 N–H and O–H groups in total. The Bertz CT molecular complexity index is 364. The first-order valence-electron chi connectivity index (χ1n) is 7.05. The molecule has 1 saturated heterocycles. The third-order valence-electron chi connectivity index (χ3n) is 4.00. The molecule has 18 heavy (non-hydrogen) atoms. The molecule has 1 atom stereocenters. The van der Waals surface area contributed by atoms with Crippen molar-refractivity contribution in [1.82, 2.24) is 14.7 Å². The lowest BCUT2D eigenvalue weighted by Crippen LogP contribution is -2.37. The van der Waals surface area contributed by atoms with Crippen molar-refractivity contribution in [3.8, 4) is 0 Å². The highest BCUT2D eigenvalue weighted by molar-refractivity contribution is 5.39. The molecule has 0 saturated carbocycles. The first kappa shape index (κ1) is 13.4. The highest BCUT2D eigenvalue weighted by Crippen LogP contribution is 2.22. The fourth-order valence-electron chi connectivity index (χ4n) is 2.60. The Hall–Kier alpha value is -1.03. The molecular formula is C14H26N4. The van der Waals surface area contributed by atoms with Crippen LogP contribution in [0.25, 0.3) is 0 Å². The van der Waals surface area contributed by atoms with Crippen LogP contribution >= 0.6 is 0 Å². The Kier molecular flexibility index (Phi) is 4.27. The maximum absolute atomic E-state index is 4.37. The lowest BCUT2D eigenvalue weighted by molar-refractivity contribution is 0.208. The van der Waals surface area contributed by atoms with Crippen molar-refractivity contribution < 1.29 is 0 Å².